The van der Waals surface area contributed by atoms with Gasteiger partial charge in [0.2, 0.25) is 0 Å². The van der Waals surface area contributed by atoms with E-state index in [0.29, 0.717) is 0 Å². The van der Waals surface area contributed by atoms with E-state index in [1.807, 2.05) is 0 Å². The van der Waals surface area contributed by atoms with Crippen molar-refractivity contribution in [1.82, 2.24) is 10.2 Å². The molecule has 3 heteroatoms. The highest BCUT2D eigenvalue weighted by atomic mass is 16.3. The topological polar surface area (TPSA) is 35.5 Å². The van der Waals surface area contributed by atoms with Gasteiger partial charge in [0, 0.05) is 31.7 Å². The number of rotatable bonds is 4. The minimum atomic E-state index is -0.105. The Morgan fingerprint density at radius 3 is 2.31 bits per heavy atom. The van der Waals surface area contributed by atoms with Gasteiger partial charge in [-0.25, -0.2) is 0 Å². The molecule has 0 aliphatic carbocycles. The first-order chi connectivity index (χ1) is 7.18. The molecule has 0 aromatic heterocycles. The molecular formula is C13H28N2O. The van der Waals surface area contributed by atoms with E-state index in [4.69, 9.17) is 0 Å². The summed E-state index contributed by atoms with van der Waals surface area (Å²) in [7, 11) is 0. The lowest BCUT2D eigenvalue weighted by molar-refractivity contribution is 0.149. The second kappa shape index (κ2) is 5.03. The summed E-state index contributed by atoms with van der Waals surface area (Å²) in [4.78, 5) is 2.37. The van der Waals surface area contributed by atoms with Gasteiger partial charge < -0.3 is 15.3 Å². The third kappa shape index (κ3) is 5.28. The number of β-amino-alcohol motifs (C(OH)–C–C–N with tert-alkyl or cyclic N) is 1. The van der Waals surface area contributed by atoms with Gasteiger partial charge in [0.1, 0.15) is 0 Å². The number of likely N-dealkylation sites (tertiary alicyclic amines) is 1. The summed E-state index contributed by atoms with van der Waals surface area (Å²) < 4.78 is 0. The Labute approximate surface area is 100 Å². The van der Waals surface area contributed by atoms with Crippen LogP contribution in [0, 0.1) is 5.41 Å². The SMILES string of the molecule is CC(C)(CNC(C)(C)C)CN1CCC(O)C1. The number of hydrogen-bond donors (Lipinski definition) is 2. The van der Waals surface area contributed by atoms with Crippen molar-refractivity contribution in [2.45, 2.75) is 52.7 Å². The number of aliphatic hydroxyl groups is 1. The van der Waals surface area contributed by atoms with Gasteiger partial charge in [0.05, 0.1) is 6.10 Å². The number of aliphatic hydroxyl groups excluding tert-OH is 1. The van der Waals surface area contributed by atoms with Crippen LogP contribution in [0.15, 0.2) is 0 Å². The van der Waals surface area contributed by atoms with Crippen molar-refractivity contribution in [3.8, 4) is 0 Å². The Hall–Kier alpha value is -0.120. The zero-order chi connectivity index (χ0) is 12.4. The molecule has 1 aliphatic heterocycles. The van der Waals surface area contributed by atoms with Gasteiger partial charge in [-0.2, -0.15) is 0 Å². The fourth-order valence-corrected chi connectivity index (χ4v) is 2.12. The summed E-state index contributed by atoms with van der Waals surface area (Å²) in [5, 5.41) is 13.1. The molecule has 1 unspecified atom stereocenters. The summed E-state index contributed by atoms with van der Waals surface area (Å²) >= 11 is 0. The van der Waals surface area contributed by atoms with Crippen molar-refractivity contribution in [2.75, 3.05) is 26.2 Å². The van der Waals surface area contributed by atoms with E-state index >= 15 is 0 Å². The molecule has 16 heavy (non-hydrogen) atoms. The lowest BCUT2D eigenvalue weighted by Gasteiger charge is -2.33. The molecule has 1 fully saturated rings. The molecule has 1 heterocycles. The average molecular weight is 228 g/mol. The van der Waals surface area contributed by atoms with E-state index in [1.165, 1.54) is 0 Å². The van der Waals surface area contributed by atoms with E-state index < -0.39 is 0 Å². The van der Waals surface area contributed by atoms with Crippen LogP contribution in [-0.2, 0) is 0 Å². The molecule has 1 saturated heterocycles. The molecule has 0 aromatic rings. The van der Waals surface area contributed by atoms with Gasteiger partial charge in [-0.15, -0.1) is 0 Å². The summed E-state index contributed by atoms with van der Waals surface area (Å²) in [6.07, 6.45) is 0.828. The highest BCUT2D eigenvalue weighted by molar-refractivity contribution is 4.84. The average Bonchev–Trinajstić information content (AvgIpc) is 2.46. The van der Waals surface area contributed by atoms with Gasteiger partial charge in [-0.05, 0) is 32.6 Å². The van der Waals surface area contributed by atoms with Crippen molar-refractivity contribution >= 4 is 0 Å². The van der Waals surface area contributed by atoms with Crippen molar-refractivity contribution in [3.05, 3.63) is 0 Å². The maximum absolute atomic E-state index is 9.50. The predicted octanol–water partition coefficient (Wildman–Crippen LogP) is 1.47. The quantitative estimate of drug-likeness (QED) is 0.765. The predicted molar refractivity (Wildman–Crippen MR) is 68.6 cm³/mol. The van der Waals surface area contributed by atoms with E-state index in [9.17, 15) is 5.11 Å². The summed E-state index contributed by atoms with van der Waals surface area (Å²) in [5.74, 6) is 0. The van der Waals surface area contributed by atoms with Crippen molar-refractivity contribution in [3.63, 3.8) is 0 Å². The highest BCUT2D eigenvalue weighted by Gasteiger charge is 2.27. The normalized spacial score (nSPS) is 24.0. The molecule has 2 N–H and O–H groups in total. The Bertz CT molecular complexity index is 220. The summed E-state index contributed by atoms with van der Waals surface area (Å²) in [6.45, 7) is 15.1. The molecule has 0 saturated carbocycles. The minimum absolute atomic E-state index is 0.105. The van der Waals surface area contributed by atoms with Gasteiger partial charge in [0.25, 0.3) is 0 Å². The van der Waals surface area contributed by atoms with Crippen molar-refractivity contribution in [1.29, 1.82) is 0 Å². The van der Waals surface area contributed by atoms with Crippen LogP contribution in [0.4, 0.5) is 0 Å². The largest absolute Gasteiger partial charge is 0.392 e. The standard InChI is InChI=1S/C13H28N2O/c1-12(2,3)14-9-13(4,5)10-15-7-6-11(16)8-15/h11,14,16H,6-10H2,1-5H3. The number of hydrogen-bond acceptors (Lipinski definition) is 3. The zero-order valence-electron chi connectivity index (χ0n) is 11.5. The maximum Gasteiger partial charge on any atom is 0.0679 e. The second-order valence-corrected chi connectivity index (χ2v) is 6.95. The fourth-order valence-electron chi connectivity index (χ4n) is 2.12. The number of nitrogens with one attached hydrogen (secondary N) is 1. The molecule has 0 spiro atoms. The maximum atomic E-state index is 9.50. The van der Waals surface area contributed by atoms with E-state index in [0.717, 1.165) is 32.6 Å². The van der Waals surface area contributed by atoms with Crippen LogP contribution in [0.2, 0.25) is 0 Å². The van der Waals surface area contributed by atoms with Gasteiger partial charge in [-0.1, -0.05) is 13.8 Å². The van der Waals surface area contributed by atoms with E-state index in [1.54, 1.807) is 0 Å². The third-order valence-corrected chi connectivity index (χ3v) is 3.00. The van der Waals surface area contributed by atoms with Crippen LogP contribution < -0.4 is 5.32 Å². The lowest BCUT2D eigenvalue weighted by atomic mass is 9.91. The number of nitrogens with zero attached hydrogens (tertiary/aromatic N) is 1. The summed E-state index contributed by atoms with van der Waals surface area (Å²) in [5.41, 5.74) is 0.444. The minimum Gasteiger partial charge on any atom is -0.392 e. The smallest absolute Gasteiger partial charge is 0.0679 e. The van der Waals surface area contributed by atoms with Gasteiger partial charge in [0.15, 0.2) is 0 Å². The van der Waals surface area contributed by atoms with Crippen molar-refractivity contribution < 1.29 is 5.11 Å². The van der Waals surface area contributed by atoms with Crippen LogP contribution in [0.3, 0.4) is 0 Å². The van der Waals surface area contributed by atoms with Crippen LogP contribution in [0.1, 0.15) is 41.0 Å². The molecule has 0 aromatic carbocycles. The molecular weight excluding hydrogens is 200 g/mol. The Balaban J connectivity index is 2.33. The molecule has 0 radical (unpaired) electrons. The first-order valence-corrected chi connectivity index (χ1v) is 6.33. The van der Waals surface area contributed by atoms with Crippen molar-refractivity contribution in [2.24, 2.45) is 5.41 Å². The molecule has 1 aliphatic rings. The molecule has 1 atom stereocenters. The zero-order valence-corrected chi connectivity index (χ0v) is 11.5. The molecule has 0 bridgehead atoms. The molecule has 96 valence electrons. The third-order valence-electron chi connectivity index (χ3n) is 3.00. The first kappa shape index (κ1) is 13.9. The summed E-state index contributed by atoms with van der Waals surface area (Å²) in [6, 6.07) is 0. The second-order valence-electron chi connectivity index (χ2n) is 6.95. The van der Waals surface area contributed by atoms with Gasteiger partial charge >= 0.3 is 0 Å². The van der Waals surface area contributed by atoms with Crippen LogP contribution in [0.25, 0.3) is 0 Å². The lowest BCUT2D eigenvalue weighted by Crippen LogP contribution is -2.46. The van der Waals surface area contributed by atoms with Gasteiger partial charge in [-0.3, -0.25) is 0 Å². The van der Waals surface area contributed by atoms with Crippen LogP contribution in [-0.4, -0.2) is 47.8 Å². The highest BCUT2D eigenvalue weighted by Crippen LogP contribution is 2.20. The van der Waals surface area contributed by atoms with Crippen LogP contribution >= 0.6 is 0 Å². The Morgan fingerprint density at radius 2 is 1.88 bits per heavy atom. The van der Waals surface area contributed by atoms with Crippen LogP contribution in [0.5, 0.6) is 0 Å². The fraction of sp³-hybridized carbons (Fsp3) is 1.00. The first-order valence-electron chi connectivity index (χ1n) is 6.33. The molecule has 1 rings (SSSR count). The molecule has 3 nitrogen and oxygen atoms in total. The monoisotopic (exact) mass is 228 g/mol. The molecule has 0 amide bonds. The van der Waals surface area contributed by atoms with E-state index in [-0.39, 0.29) is 17.1 Å². The Kier molecular flexibility index (Phi) is 4.38. The Morgan fingerprint density at radius 1 is 1.25 bits per heavy atom. The van der Waals surface area contributed by atoms with E-state index in [2.05, 4.69) is 44.8 Å².